The van der Waals surface area contributed by atoms with Crippen molar-refractivity contribution in [1.29, 1.82) is 0 Å². The van der Waals surface area contributed by atoms with E-state index >= 15 is 0 Å². The molecule has 1 atom stereocenters. The van der Waals surface area contributed by atoms with Crippen molar-refractivity contribution < 1.29 is 14.3 Å². The maximum absolute atomic E-state index is 13.2. The van der Waals surface area contributed by atoms with E-state index in [1.165, 1.54) is 0 Å². The molecule has 0 spiro atoms. The van der Waals surface area contributed by atoms with Crippen LogP contribution in [0.15, 0.2) is 24.4 Å². The van der Waals surface area contributed by atoms with Gasteiger partial charge in [0.2, 0.25) is 5.95 Å². The summed E-state index contributed by atoms with van der Waals surface area (Å²) in [4.78, 5) is 39.5. The predicted molar refractivity (Wildman–Crippen MR) is 163 cm³/mol. The number of hydrogen-bond donors (Lipinski definition) is 2. The van der Waals surface area contributed by atoms with Gasteiger partial charge < -0.3 is 25.2 Å². The summed E-state index contributed by atoms with van der Waals surface area (Å²) in [5.41, 5.74) is 1.84. The lowest BCUT2D eigenvalue weighted by Gasteiger charge is -2.44. The third kappa shape index (κ3) is 6.90. The van der Waals surface area contributed by atoms with E-state index in [0.29, 0.717) is 59.3 Å². The molecule has 2 amide bonds. The van der Waals surface area contributed by atoms with Crippen LogP contribution in [0.25, 0.3) is 0 Å². The van der Waals surface area contributed by atoms with Gasteiger partial charge in [0.05, 0.1) is 19.0 Å². The Labute approximate surface area is 244 Å². The number of piperidine rings is 1. The summed E-state index contributed by atoms with van der Waals surface area (Å²) < 4.78 is 5.63. The van der Waals surface area contributed by atoms with Crippen LogP contribution in [0.1, 0.15) is 57.3 Å². The number of anilines is 4. The van der Waals surface area contributed by atoms with Crippen LogP contribution in [-0.4, -0.2) is 91.7 Å². The molecule has 11 heteroatoms. The normalized spacial score (nSPS) is 18.2. The number of likely N-dealkylation sites (N-methyl/N-ethyl adjacent to an activating group) is 1. The average Bonchev–Trinajstić information content (AvgIpc) is 2.97. The molecule has 3 heterocycles. The fourth-order valence-electron chi connectivity index (χ4n) is 5.69. The topological polar surface area (TPSA) is 106 Å². The highest BCUT2D eigenvalue weighted by Gasteiger charge is 2.39. The third-order valence-corrected chi connectivity index (χ3v) is 8.04. The lowest BCUT2D eigenvalue weighted by Crippen LogP contribution is -2.58. The minimum atomic E-state index is -0.356. The molecule has 0 radical (unpaired) electrons. The second kappa shape index (κ2) is 13.5. The van der Waals surface area contributed by atoms with E-state index in [1.54, 1.807) is 37.4 Å². The first-order chi connectivity index (χ1) is 19.7. The van der Waals surface area contributed by atoms with E-state index in [2.05, 4.69) is 46.3 Å². The number of methoxy groups -OCH3 is 1. The molecule has 1 aromatic heterocycles. The van der Waals surface area contributed by atoms with Crippen molar-refractivity contribution in [3.05, 3.63) is 30.0 Å². The number of fused-ring (bicyclic) bond motifs is 1. The number of amides is 2. The van der Waals surface area contributed by atoms with Crippen LogP contribution in [-0.2, 0) is 4.79 Å². The highest BCUT2D eigenvalue weighted by atomic mass is 16.5. The van der Waals surface area contributed by atoms with Crippen LogP contribution in [0.5, 0.6) is 5.75 Å². The van der Waals surface area contributed by atoms with E-state index < -0.39 is 0 Å². The molecule has 0 aliphatic carbocycles. The van der Waals surface area contributed by atoms with Crippen molar-refractivity contribution in [2.24, 2.45) is 11.8 Å². The number of nitrogens with one attached hydrogen (secondary N) is 2. The summed E-state index contributed by atoms with van der Waals surface area (Å²) in [5, 5.41) is 10.4. The molecule has 2 N–H and O–H groups in total. The molecule has 41 heavy (non-hydrogen) atoms. The maximum atomic E-state index is 13.2. The molecule has 1 unspecified atom stereocenters. The number of rotatable bonds is 11. The van der Waals surface area contributed by atoms with Gasteiger partial charge in [-0.25, -0.2) is 9.99 Å². The zero-order chi connectivity index (χ0) is 29.7. The summed E-state index contributed by atoms with van der Waals surface area (Å²) in [6.45, 7) is 13.2. The van der Waals surface area contributed by atoms with E-state index in [9.17, 15) is 9.59 Å². The Hall–Kier alpha value is -3.44. The largest absolute Gasteiger partial charge is 0.495 e. The first-order valence-corrected chi connectivity index (χ1v) is 14.8. The van der Waals surface area contributed by atoms with Crippen LogP contribution >= 0.6 is 0 Å². The second-order valence-electron chi connectivity index (χ2n) is 11.4. The van der Waals surface area contributed by atoms with Gasteiger partial charge in [0.15, 0.2) is 5.82 Å². The Bertz CT molecular complexity index is 1210. The van der Waals surface area contributed by atoms with E-state index in [0.717, 1.165) is 39.0 Å². The van der Waals surface area contributed by atoms with Gasteiger partial charge in [0, 0.05) is 32.7 Å². The summed E-state index contributed by atoms with van der Waals surface area (Å²) in [6.07, 6.45) is 4.53. The molecule has 2 aliphatic rings. The molecule has 1 saturated heterocycles. The third-order valence-electron chi connectivity index (χ3n) is 8.04. The van der Waals surface area contributed by atoms with Gasteiger partial charge >= 0.3 is 0 Å². The fourth-order valence-corrected chi connectivity index (χ4v) is 5.69. The number of likely N-dealkylation sites (tertiary alicyclic amines) is 1. The molecule has 2 aromatic rings. The highest BCUT2D eigenvalue weighted by Crippen LogP contribution is 2.37. The van der Waals surface area contributed by atoms with E-state index in [4.69, 9.17) is 9.72 Å². The number of hydrazine groups is 1. The molecule has 4 rings (SSSR count). The van der Waals surface area contributed by atoms with Crippen LogP contribution in [0.3, 0.4) is 0 Å². The van der Waals surface area contributed by atoms with Crippen molar-refractivity contribution in [3.63, 3.8) is 0 Å². The van der Waals surface area contributed by atoms with Crippen LogP contribution in [0.2, 0.25) is 0 Å². The van der Waals surface area contributed by atoms with Gasteiger partial charge in [-0.2, -0.15) is 4.98 Å². The first-order valence-electron chi connectivity index (χ1n) is 14.8. The Kier molecular flexibility index (Phi) is 10.0. The maximum Gasteiger partial charge on any atom is 0.251 e. The number of carbonyl (C=O) groups is 2. The van der Waals surface area contributed by atoms with Gasteiger partial charge in [-0.3, -0.25) is 14.6 Å². The quantitative estimate of drug-likeness (QED) is 0.421. The molecule has 0 bridgehead atoms. The second-order valence-corrected chi connectivity index (χ2v) is 11.4. The van der Waals surface area contributed by atoms with Crippen LogP contribution < -0.4 is 25.3 Å². The van der Waals surface area contributed by atoms with E-state index in [-0.39, 0.29) is 17.9 Å². The number of aromatic nitrogens is 2. The van der Waals surface area contributed by atoms with Crippen molar-refractivity contribution in [2.75, 3.05) is 69.2 Å². The summed E-state index contributed by atoms with van der Waals surface area (Å²) >= 11 is 0. The molecule has 11 nitrogen and oxygen atoms in total. The number of ether oxygens (including phenoxy) is 1. The van der Waals surface area contributed by atoms with Crippen molar-refractivity contribution in [3.8, 4) is 5.75 Å². The van der Waals surface area contributed by atoms with Crippen molar-refractivity contribution in [1.82, 2.24) is 25.2 Å². The molecule has 1 fully saturated rings. The predicted octanol–water partition coefficient (Wildman–Crippen LogP) is 3.75. The van der Waals surface area contributed by atoms with Crippen molar-refractivity contribution >= 4 is 35.0 Å². The first kappa shape index (κ1) is 30.5. The Morgan fingerprint density at radius 1 is 1.22 bits per heavy atom. The lowest BCUT2D eigenvalue weighted by molar-refractivity contribution is -0.120. The SMILES string of the molecule is CCC1C(=O)N(C)c2cnc(Nc3ccc(C(=O)NCC4CCN(CC)CC4)cc3OC)nc2N1N(C)CC(C)C. The zero-order valence-corrected chi connectivity index (χ0v) is 25.6. The van der Waals surface area contributed by atoms with Crippen LogP contribution in [0, 0.1) is 11.8 Å². The van der Waals surface area contributed by atoms with Gasteiger partial charge in [-0.05, 0) is 68.9 Å². The van der Waals surface area contributed by atoms with Gasteiger partial charge in [0.25, 0.3) is 11.8 Å². The minimum absolute atomic E-state index is 0.0156. The molecular formula is C30H46N8O3. The standard InChI is InChI=1S/C30H46N8O3/c1-8-24-29(40)36(6)25-18-32-30(34-27(25)38(24)35(5)19-20(3)4)33-23-11-10-22(16-26(23)41-7)28(39)31-17-21-12-14-37(9-2)15-13-21/h10-11,16,18,20-21,24H,8-9,12-15,17,19H2,1-7H3,(H,31,39)(H,32,33,34). The highest BCUT2D eigenvalue weighted by molar-refractivity contribution is 6.04. The molecule has 0 saturated carbocycles. The Balaban J connectivity index is 1.51. The summed E-state index contributed by atoms with van der Waals surface area (Å²) in [6, 6.07) is 4.97. The van der Waals surface area contributed by atoms with Crippen LogP contribution in [0.4, 0.5) is 23.1 Å². The molecule has 1 aromatic carbocycles. The minimum Gasteiger partial charge on any atom is -0.495 e. The molecule has 2 aliphatic heterocycles. The van der Waals surface area contributed by atoms with Crippen molar-refractivity contribution in [2.45, 2.75) is 53.0 Å². The smallest absolute Gasteiger partial charge is 0.251 e. The van der Waals surface area contributed by atoms with E-state index in [1.807, 2.05) is 25.0 Å². The average molecular weight is 567 g/mol. The number of nitrogens with zero attached hydrogens (tertiary/aromatic N) is 6. The van der Waals surface area contributed by atoms with Gasteiger partial charge in [-0.1, -0.05) is 27.7 Å². The summed E-state index contributed by atoms with van der Waals surface area (Å²) in [7, 11) is 5.33. The Morgan fingerprint density at radius 3 is 2.59 bits per heavy atom. The molecule has 224 valence electrons. The van der Waals surface area contributed by atoms with Gasteiger partial charge in [-0.15, -0.1) is 0 Å². The zero-order valence-electron chi connectivity index (χ0n) is 25.6. The van der Waals surface area contributed by atoms with Gasteiger partial charge in [0.1, 0.15) is 17.5 Å². The summed E-state index contributed by atoms with van der Waals surface area (Å²) in [5.74, 6) is 2.37. The number of carbonyl (C=O) groups excluding carboxylic acids is 2. The lowest BCUT2D eigenvalue weighted by atomic mass is 9.96. The molecular weight excluding hydrogens is 520 g/mol. The monoisotopic (exact) mass is 566 g/mol. The fraction of sp³-hybridized carbons (Fsp3) is 0.600. The number of benzene rings is 1. The number of hydrogen-bond acceptors (Lipinski definition) is 9. The Morgan fingerprint density at radius 2 is 1.95 bits per heavy atom.